The third kappa shape index (κ3) is 4.75. The van der Waals surface area contributed by atoms with Crippen molar-refractivity contribution in [3.8, 4) is 5.75 Å². The first-order valence-electron chi connectivity index (χ1n) is 7.12. The Morgan fingerprint density at radius 1 is 1.22 bits per heavy atom. The highest BCUT2D eigenvalue weighted by Gasteiger charge is 2.13. The number of amides is 1. The lowest BCUT2D eigenvalue weighted by Gasteiger charge is -2.15. The molecule has 6 heteroatoms. The molecule has 0 aliphatic rings. The summed E-state index contributed by atoms with van der Waals surface area (Å²) in [6, 6.07) is 9.92. The number of carbonyl (C=O) groups is 1. The predicted octanol–water partition coefficient (Wildman–Crippen LogP) is 3.26. The van der Waals surface area contributed by atoms with E-state index in [4.69, 9.17) is 4.74 Å². The van der Waals surface area contributed by atoms with E-state index in [0.717, 1.165) is 6.07 Å². The van der Waals surface area contributed by atoms with Crippen LogP contribution >= 0.6 is 0 Å². The molecule has 0 fully saturated rings. The van der Waals surface area contributed by atoms with Gasteiger partial charge in [0.05, 0.1) is 13.7 Å². The number of hydrogen-bond acceptors (Lipinski definition) is 3. The molecule has 2 rings (SSSR count). The van der Waals surface area contributed by atoms with Crippen molar-refractivity contribution in [2.45, 2.75) is 13.0 Å². The SMILES string of the molecule is COc1cccc(NC(=O)CN[C@H](C)c2ccc(F)cc2F)c1. The Morgan fingerprint density at radius 2 is 2.00 bits per heavy atom. The van der Waals surface area contributed by atoms with Crippen LogP contribution in [0.4, 0.5) is 14.5 Å². The molecule has 2 aromatic rings. The summed E-state index contributed by atoms with van der Waals surface area (Å²) in [7, 11) is 1.54. The average Bonchev–Trinajstić information content (AvgIpc) is 2.53. The Labute approximate surface area is 133 Å². The van der Waals surface area contributed by atoms with Gasteiger partial charge in [0.1, 0.15) is 17.4 Å². The van der Waals surface area contributed by atoms with Crippen molar-refractivity contribution >= 4 is 11.6 Å². The zero-order valence-electron chi connectivity index (χ0n) is 12.9. The van der Waals surface area contributed by atoms with Crippen LogP contribution in [0.15, 0.2) is 42.5 Å². The molecule has 0 aliphatic heterocycles. The quantitative estimate of drug-likeness (QED) is 0.859. The van der Waals surface area contributed by atoms with E-state index in [2.05, 4.69) is 10.6 Å². The van der Waals surface area contributed by atoms with Gasteiger partial charge >= 0.3 is 0 Å². The van der Waals surface area contributed by atoms with E-state index in [0.29, 0.717) is 17.0 Å². The van der Waals surface area contributed by atoms with Gasteiger partial charge in [-0.1, -0.05) is 12.1 Å². The summed E-state index contributed by atoms with van der Waals surface area (Å²) in [6.45, 7) is 1.70. The Kier molecular flexibility index (Phi) is 5.65. The minimum Gasteiger partial charge on any atom is -0.497 e. The maximum Gasteiger partial charge on any atom is 0.238 e. The molecule has 23 heavy (non-hydrogen) atoms. The third-order valence-electron chi connectivity index (χ3n) is 3.35. The number of ether oxygens (including phenoxy) is 1. The molecule has 0 unspecified atom stereocenters. The van der Waals surface area contributed by atoms with Gasteiger partial charge in [-0.15, -0.1) is 0 Å². The molecule has 1 amide bonds. The van der Waals surface area contributed by atoms with Crippen LogP contribution in [0.2, 0.25) is 0 Å². The van der Waals surface area contributed by atoms with Crippen LogP contribution in [-0.2, 0) is 4.79 Å². The van der Waals surface area contributed by atoms with Crippen molar-refractivity contribution in [2.24, 2.45) is 0 Å². The number of hydrogen-bond donors (Lipinski definition) is 2. The summed E-state index contributed by atoms with van der Waals surface area (Å²) >= 11 is 0. The van der Waals surface area contributed by atoms with Gasteiger partial charge in [0.25, 0.3) is 0 Å². The van der Waals surface area contributed by atoms with E-state index in [1.807, 2.05) is 0 Å². The zero-order chi connectivity index (χ0) is 16.8. The number of rotatable bonds is 6. The third-order valence-corrected chi connectivity index (χ3v) is 3.35. The minimum absolute atomic E-state index is 0.00477. The van der Waals surface area contributed by atoms with E-state index in [9.17, 15) is 13.6 Å². The van der Waals surface area contributed by atoms with Crippen molar-refractivity contribution < 1.29 is 18.3 Å². The molecule has 0 aromatic heterocycles. The Hall–Kier alpha value is -2.47. The lowest BCUT2D eigenvalue weighted by atomic mass is 10.1. The predicted molar refractivity (Wildman–Crippen MR) is 84.4 cm³/mol. The highest BCUT2D eigenvalue weighted by Crippen LogP contribution is 2.18. The molecule has 0 saturated carbocycles. The van der Waals surface area contributed by atoms with Gasteiger partial charge < -0.3 is 15.4 Å². The molecule has 2 N–H and O–H groups in total. The Morgan fingerprint density at radius 3 is 2.70 bits per heavy atom. The monoisotopic (exact) mass is 320 g/mol. The number of carbonyl (C=O) groups excluding carboxylic acids is 1. The minimum atomic E-state index is -0.641. The number of benzene rings is 2. The van der Waals surface area contributed by atoms with E-state index < -0.39 is 17.7 Å². The van der Waals surface area contributed by atoms with Crippen LogP contribution < -0.4 is 15.4 Å². The van der Waals surface area contributed by atoms with E-state index in [-0.39, 0.29) is 12.5 Å². The summed E-state index contributed by atoms with van der Waals surface area (Å²) in [5.74, 6) is -0.905. The number of methoxy groups -OCH3 is 1. The lowest BCUT2D eigenvalue weighted by molar-refractivity contribution is -0.115. The summed E-state index contributed by atoms with van der Waals surface area (Å²) < 4.78 is 31.6. The fraction of sp³-hybridized carbons (Fsp3) is 0.235. The molecule has 1 atom stereocenters. The van der Waals surface area contributed by atoms with Crippen LogP contribution in [-0.4, -0.2) is 19.6 Å². The maximum atomic E-state index is 13.7. The van der Waals surface area contributed by atoms with E-state index >= 15 is 0 Å². The van der Waals surface area contributed by atoms with Gasteiger partial charge in [0.15, 0.2) is 0 Å². The summed E-state index contributed by atoms with van der Waals surface area (Å²) in [5, 5.41) is 5.61. The second-order valence-electron chi connectivity index (χ2n) is 5.05. The van der Waals surface area contributed by atoms with Gasteiger partial charge in [0, 0.05) is 29.4 Å². The first kappa shape index (κ1) is 16.9. The molecule has 2 aromatic carbocycles. The zero-order valence-corrected chi connectivity index (χ0v) is 12.9. The molecule has 0 radical (unpaired) electrons. The molecule has 4 nitrogen and oxygen atoms in total. The number of halogens is 2. The second-order valence-corrected chi connectivity index (χ2v) is 5.05. The van der Waals surface area contributed by atoms with Crippen molar-refractivity contribution in [1.82, 2.24) is 5.32 Å². The fourth-order valence-electron chi connectivity index (χ4n) is 2.11. The first-order chi connectivity index (χ1) is 11.0. The highest BCUT2D eigenvalue weighted by atomic mass is 19.1. The smallest absolute Gasteiger partial charge is 0.238 e. The van der Waals surface area contributed by atoms with E-state index in [1.165, 1.54) is 12.1 Å². The summed E-state index contributed by atoms with van der Waals surface area (Å²) in [6.07, 6.45) is 0. The molecular weight excluding hydrogens is 302 g/mol. The standard InChI is InChI=1S/C17H18F2N2O2/c1-11(15-7-6-12(18)8-16(15)19)20-10-17(22)21-13-4-3-5-14(9-13)23-2/h3-9,11,20H,10H2,1-2H3,(H,21,22)/t11-/m1/s1. The van der Waals surface area contributed by atoms with Gasteiger partial charge in [-0.3, -0.25) is 4.79 Å². The van der Waals surface area contributed by atoms with Gasteiger partial charge in [-0.05, 0) is 25.1 Å². The maximum absolute atomic E-state index is 13.7. The highest BCUT2D eigenvalue weighted by molar-refractivity contribution is 5.92. The molecule has 122 valence electrons. The van der Waals surface area contributed by atoms with Crippen LogP contribution in [0.1, 0.15) is 18.5 Å². The lowest BCUT2D eigenvalue weighted by Crippen LogP contribution is -2.30. The largest absolute Gasteiger partial charge is 0.497 e. The second kappa shape index (κ2) is 7.69. The van der Waals surface area contributed by atoms with Gasteiger partial charge in [-0.25, -0.2) is 8.78 Å². The van der Waals surface area contributed by atoms with Crippen LogP contribution in [0.3, 0.4) is 0 Å². The fourth-order valence-corrected chi connectivity index (χ4v) is 2.11. The molecule has 0 heterocycles. The number of anilines is 1. The molecule has 0 aliphatic carbocycles. The summed E-state index contributed by atoms with van der Waals surface area (Å²) in [4.78, 5) is 11.9. The molecule has 0 spiro atoms. The summed E-state index contributed by atoms with van der Waals surface area (Å²) in [5.41, 5.74) is 0.914. The topological polar surface area (TPSA) is 50.4 Å². The van der Waals surface area contributed by atoms with E-state index in [1.54, 1.807) is 38.3 Å². The van der Waals surface area contributed by atoms with Crippen LogP contribution in [0, 0.1) is 11.6 Å². The molecule has 0 saturated heterocycles. The van der Waals surface area contributed by atoms with Crippen molar-refractivity contribution in [3.05, 3.63) is 59.7 Å². The van der Waals surface area contributed by atoms with Crippen molar-refractivity contribution in [1.29, 1.82) is 0 Å². The van der Waals surface area contributed by atoms with Crippen LogP contribution in [0.25, 0.3) is 0 Å². The van der Waals surface area contributed by atoms with Crippen molar-refractivity contribution in [2.75, 3.05) is 19.0 Å². The van der Waals surface area contributed by atoms with Crippen LogP contribution in [0.5, 0.6) is 5.75 Å². The first-order valence-corrected chi connectivity index (χ1v) is 7.12. The average molecular weight is 320 g/mol. The Bertz CT molecular complexity index is 692. The van der Waals surface area contributed by atoms with Gasteiger partial charge in [0.2, 0.25) is 5.91 Å². The number of nitrogens with one attached hydrogen (secondary N) is 2. The van der Waals surface area contributed by atoms with Crippen molar-refractivity contribution in [3.63, 3.8) is 0 Å². The molecule has 0 bridgehead atoms. The normalized spacial score (nSPS) is 11.8. The molecular formula is C17H18F2N2O2. The Balaban J connectivity index is 1.90. The van der Waals surface area contributed by atoms with Gasteiger partial charge in [-0.2, -0.15) is 0 Å².